The van der Waals surface area contributed by atoms with Crippen LogP contribution in [0.25, 0.3) is 0 Å². The van der Waals surface area contributed by atoms with Gasteiger partial charge in [0.2, 0.25) is 0 Å². The van der Waals surface area contributed by atoms with Gasteiger partial charge in [-0.05, 0) is 6.42 Å². The number of hydrogen-bond donors (Lipinski definition) is 3. The molecule has 0 aromatic rings. The smallest absolute Gasteiger partial charge is 0.432 e. The molecule has 0 aliphatic rings. The lowest BCUT2D eigenvalue weighted by molar-refractivity contribution is -0.260. The standard InChI is InChI=1S/C11H15F5O9S/c1-2-9(4-17,5-18)8(20)24-3-6(19)25-7(10(12,13)14)11(15,16)26(21,22)23/h7,17-18H,2-5H2,1H3,(H,21,22,23). The lowest BCUT2D eigenvalue weighted by Gasteiger charge is -2.27. The van der Waals surface area contributed by atoms with E-state index in [1.165, 1.54) is 6.92 Å². The lowest BCUT2D eigenvalue weighted by Crippen LogP contribution is -2.52. The van der Waals surface area contributed by atoms with E-state index in [0.717, 1.165) is 0 Å². The van der Waals surface area contributed by atoms with Crippen LogP contribution in [0.5, 0.6) is 0 Å². The predicted octanol–water partition coefficient (Wildman–Crippen LogP) is -0.135. The number of esters is 2. The molecule has 0 rings (SSSR count). The fourth-order valence-electron chi connectivity index (χ4n) is 1.45. The molecule has 9 nitrogen and oxygen atoms in total. The van der Waals surface area contributed by atoms with Crippen molar-refractivity contribution in [1.82, 2.24) is 0 Å². The summed E-state index contributed by atoms with van der Waals surface area (Å²) in [7, 11) is -6.60. The molecule has 0 radical (unpaired) electrons. The predicted molar refractivity (Wildman–Crippen MR) is 70.3 cm³/mol. The van der Waals surface area contributed by atoms with Gasteiger partial charge in [0.25, 0.3) is 6.10 Å². The van der Waals surface area contributed by atoms with E-state index in [9.17, 15) is 40.0 Å². The third kappa shape index (κ3) is 5.46. The topological polar surface area (TPSA) is 147 Å². The molecule has 154 valence electrons. The number of aliphatic hydroxyl groups excluding tert-OH is 2. The Kier molecular flexibility index (Phi) is 7.90. The van der Waals surface area contributed by atoms with E-state index >= 15 is 0 Å². The zero-order valence-corrected chi connectivity index (χ0v) is 13.8. The van der Waals surface area contributed by atoms with Gasteiger partial charge in [-0.3, -0.25) is 9.35 Å². The molecule has 1 atom stereocenters. The van der Waals surface area contributed by atoms with Gasteiger partial charge in [0, 0.05) is 0 Å². The van der Waals surface area contributed by atoms with Crippen LogP contribution in [0.1, 0.15) is 13.3 Å². The number of hydrogen-bond acceptors (Lipinski definition) is 8. The van der Waals surface area contributed by atoms with E-state index in [-0.39, 0.29) is 6.42 Å². The molecule has 3 N–H and O–H groups in total. The van der Waals surface area contributed by atoms with Crippen LogP contribution in [0.2, 0.25) is 0 Å². The maximum absolute atomic E-state index is 13.2. The summed E-state index contributed by atoms with van der Waals surface area (Å²) in [5.74, 6) is -3.66. The molecule has 0 fully saturated rings. The van der Waals surface area contributed by atoms with Gasteiger partial charge in [-0.2, -0.15) is 30.4 Å². The van der Waals surface area contributed by atoms with Crippen LogP contribution in [0.3, 0.4) is 0 Å². The van der Waals surface area contributed by atoms with Gasteiger partial charge in [0.05, 0.1) is 13.2 Å². The van der Waals surface area contributed by atoms with Crippen molar-refractivity contribution in [2.75, 3.05) is 19.8 Å². The largest absolute Gasteiger partial charge is 0.453 e. The summed E-state index contributed by atoms with van der Waals surface area (Å²) >= 11 is 0. The van der Waals surface area contributed by atoms with Gasteiger partial charge >= 0.3 is 33.5 Å². The molecule has 0 aliphatic carbocycles. The number of carbonyl (C=O) groups is 2. The van der Waals surface area contributed by atoms with Crippen LogP contribution in [0.15, 0.2) is 0 Å². The fourth-order valence-corrected chi connectivity index (χ4v) is 1.90. The Bertz CT molecular complexity index is 604. The molecule has 0 aromatic heterocycles. The van der Waals surface area contributed by atoms with Gasteiger partial charge in [0.1, 0.15) is 5.41 Å². The summed E-state index contributed by atoms with van der Waals surface area (Å²) in [5, 5.41) is 12.2. The molecule has 0 heterocycles. The van der Waals surface area contributed by atoms with Gasteiger partial charge < -0.3 is 19.7 Å². The molecular weight excluding hydrogens is 403 g/mol. The second-order valence-corrected chi connectivity index (χ2v) is 6.47. The summed E-state index contributed by atoms with van der Waals surface area (Å²) in [4.78, 5) is 22.9. The van der Waals surface area contributed by atoms with Gasteiger partial charge in [-0.1, -0.05) is 6.92 Å². The zero-order valence-electron chi connectivity index (χ0n) is 13.0. The maximum Gasteiger partial charge on any atom is 0.432 e. The minimum atomic E-state index is -6.60. The highest BCUT2D eigenvalue weighted by Gasteiger charge is 2.66. The van der Waals surface area contributed by atoms with Crippen LogP contribution < -0.4 is 0 Å². The van der Waals surface area contributed by atoms with Crippen molar-refractivity contribution in [2.24, 2.45) is 5.41 Å². The maximum atomic E-state index is 13.2. The van der Waals surface area contributed by atoms with Crippen LogP contribution in [0, 0.1) is 5.41 Å². The van der Waals surface area contributed by atoms with Gasteiger partial charge in [-0.25, -0.2) is 4.79 Å². The summed E-state index contributed by atoms with van der Waals surface area (Å²) in [5.41, 5.74) is -1.90. The highest BCUT2D eigenvalue weighted by atomic mass is 32.2. The monoisotopic (exact) mass is 418 g/mol. The van der Waals surface area contributed by atoms with Gasteiger partial charge in [0.15, 0.2) is 6.61 Å². The second kappa shape index (κ2) is 8.41. The van der Waals surface area contributed by atoms with Crippen molar-refractivity contribution >= 4 is 22.1 Å². The Balaban J connectivity index is 5.25. The highest BCUT2D eigenvalue weighted by molar-refractivity contribution is 7.86. The van der Waals surface area contributed by atoms with Gasteiger partial charge in [-0.15, -0.1) is 0 Å². The summed E-state index contributed by atoms with van der Waals surface area (Å²) in [6.07, 6.45) is -10.9. The van der Waals surface area contributed by atoms with Crippen LogP contribution in [-0.4, -0.2) is 72.5 Å². The molecule has 26 heavy (non-hydrogen) atoms. The third-order valence-corrected chi connectivity index (χ3v) is 4.13. The van der Waals surface area contributed by atoms with E-state index in [2.05, 4.69) is 9.47 Å². The molecule has 0 aliphatic heterocycles. The lowest BCUT2D eigenvalue weighted by atomic mass is 9.87. The molecule has 1 unspecified atom stereocenters. The number of carbonyl (C=O) groups excluding carboxylic acids is 2. The first-order chi connectivity index (χ1) is 11.6. The third-order valence-electron chi connectivity index (χ3n) is 3.23. The Morgan fingerprint density at radius 1 is 1.08 bits per heavy atom. The Labute approximate surface area is 143 Å². The summed E-state index contributed by atoms with van der Waals surface area (Å²) in [6, 6.07) is 0. The molecule has 0 saturated carbocycles. The molecule has 0 saturated heterocycles. The average molecular weight is 418 g/mol. The Morgan fingerprint density at radius 3 is 1.85 bits per heavy atom. The molecule has 0 spiro atoms. The normalized spacial score (nSPS) is 14.7. The van der Waals surface area contributed by atoms with Crippen molar-refractivity contribution in [3.63, 3.8) is 0 Å². The number of rotatable bonds is 9. The van der Waals surface area contributed by atoms with E-state index in [1.54, 1.807) is 0 Å². The van der Waals surface area contributed by atoms with Crippen molar-refractivity contribution in [1.29, 1.82) is 0 Å². The molecule has 0 amide bonds. The van der Waals surface area contributed by atoms with Crippen molar-refractivity contribution in [2.45, 2.75) is 30.9 Å². The van der Waals surface area contributed by atoms with Crippen molar-refractivity contribution < 1.29 is 64.2 Å². The summed E-state index contributed by atoms with van der Waals surface area (Å²) < 4.78 is 101. The molecule has 0 aromatic carbocycles. The Morgan fingerprint density at radius 2 is 1.54 bits per heavy atom. The first-order valence-corrected chi connectivity index (χ1v) is 8.03. The highest BCUT2D eigenvalue weighted by Crippen LogP contribution is 2.38. The van der Waals surface area contributed by atoms with Crippen molar-refractivity contribution in [3.8, 4) is 0 Å². The quantitative estimate of drug-likeness (QED) is 0.264. The van der Waals surface area contributed by atoms with E-state index < -0.39 is 64.8 Å². The molecule has 0 bridgehead atoms. The minimum absolute atomic E-state index is 0.208. The number of ether oxygens (including phenoxy) is 2. The fraction of sp³-hybridized carbons (Fsp3) is 0.818. The number of aliphatic hydroxyl groups is 2. The van der Waals surface area contributed by atoms with E-state index in [4.69, 9.17) is 14.8 Å². The van der Waals surface area contributed by atoms with E-state index in [1.807, 2.05) is 0 Å². The molecular formula is C11H15F5O9S. The molecule has 15 heteroatoms. The van der Waals surface area contributed by atoms with Crippen LogP contribution in [-0.2, 0) is 29.2 Å². The Hall–Kier alpha value is -1.58. The number of halogens is 5. The first kappa shape index (κ1) is 24.4. The first-order valence-electron chi connectivity index (χ1n) is 6.59. The minimum Gasteiger partial charge on any atom is -0.453 e. The average Bonchev–Trinajstić information content (AvgIpc) is 2.50. The van der Waals surface area contributed by atoms with Crippen molar-refractivity contribution in [3.05, 3.63) is 0 Å². The van der Waals surface area contributed by atoms with E-state index in [0.29, 0.717) is 0 Å². The van der Waals surface area contributed by atoms with Crippen LogP contribution in [0.4, 0.5) is 22.0 Å². The summed E-state index contributed by atoms with van der Waals surface area (Å²) in [6.45, 7) is -2.26. The SMILES string of the molecule is CCC(CO)(CO)C(=O)OCC(=O)OC(C(F)(F)F)C(F)(F)S(=O)(=O)O. The number of alkyl halides is 5. The van der Waals surface area contributed by atoms with Crippen LogP contribution >= 0.6 is 0 Å². The second-order valence-electron chi connectivity index (χ2n) is 4.97. The zero-order chi connectivity index (χ0) is 21.0.